The molecule has 4 rings (SSSR count). The summed E-state index contributed by atoms with van der Waals surface area (Å²) >= 11 is 1.42. The largest absolute Gasteiger partial charge is 0.462 e. The second-order valence-corrected chi connectivity index (χ2v) is 6.72. The molecule has 0 saturated heterocycles. The van der Waals surface area contributed by atoms with Crippen LogP contribution >= 0.6 is 11.3 Å². The fraction of sp³-hybridized carbons (Fsp3) is 0.105. The van der Waals surface area contributed by atoms with Crippen molar-refractivity contribution in [2.75, 3.05) is 7.05 Å². The number of rotatable bonds is 3. The topological polar surface area (TPSA) is 76.5 Å². The lowest BCUT2D eigenvalue weighted by Gasteiger charge is -2.04. The third-order valence-corrected chi connectivity index (χ3v) is 5.22. The highest BCUT2D eigenvalue weighted by atomic mass is 32.1. The zero-order valence-corrected chi connectivity index (χ0v) is 15.4. The highest BCUT2D eigenvalue weighted by Gasteiger charge is 2.18. The molecule has 0 amide bonds. The van der Waals surface area contributed by atoms with Crippen LogP contribution in [0.2, 0.25) is 0 Å². The van der Waals surface area contributed by atoms with E-state index in [9.17, 15) is 4.39 Å². The summed E-state index contributed by atoms with van der Waals surface area (Å²) in [6, 6.07) is 5.19. The highest BCUT2D eigenvalue weighted by Crippen LogP contribution is 2.36. The molecular formula is C19H14FN5OS. The average Bonchev–Trinajstić information content (AvgIpc) is 3.29. The summed E-state index contributed by atoms with van der Waals surface area (Å²) in [6.45, 7) is 5.45. The minimum Gasteiger partial charge on any atom is -0.462 e. The molecule has 27 heavy (non-hydrogen) atoms. The Hall–Kier alpha value is -3.26. The lowest BCUT2D eigenvalue weighted by molar-refractivity contribution is 0.613. The van der Waals surface area contributed by atoms with Crippen molar-refractivity contribution in [1.29, 1.82) is 0 Å². The second kappa shape index (κ2) is 6.81. The number of pyridine rings is 2. The summed E-state index contributed by atoms with van der Waals surface area (Å²) < 4.78 is 19.1. The van der Waals surface area contributed by atoms with Crippen LogP contribution < -0.4 is 0 Å². The number of furan rings is 1. The van der Waals surface area contributed by atoms with Gasteiger partial charge in [0.15, 0.2) is 17.1 Å². The molecule has 0 saturated carbocycles. The maximum absolute atomic E-state index is 13.5. The van der Waals surface area contributed by atoms with Crippen LogP contribution in [0, 0.1) is 12.7 Å². The van der Waals surface area contributed by atoms with E-state index < -0.39 is 5.82 Å². The monoisotopic (exact) mass is 379 g/mol. The van der Waals surface area contributed by atoms with Crippen LogP contribution in [0.3, 0.4) is 0 Å². The van der Waals surface area contributed by atoms with Gasteiger partial charge in [-0.25, -0.2) is 19.4 Å². The van der Waals surface area contributed by atoms with Gasteiger partial charge in [-0.3, -0.25) is 9.98 Å². The molecule has 4 heterocycles. The Morgan fingerprint density at radius 2 is 2.11 bits per heavy atom. The number of hydrogen-bond donors (Lipinski definition) is 0. The van der Waals surface area contributed by atoms with Crippen LogP contribution in [-0.4, -0.2) is 34.6 Å². The Labute approximate surface area is 158 Å². The Bertz CT molecular complexity index is 1190. The van der Waals surface area contributed by atoms with Gasteiger partial charge in [-0.05, 0) is 31.8 Å². The molecule has 8 heteroatoms. The fourth-order valence-corrected chi connectivity index (χ4v) is 3.79. The first kappa shape index (κ1) is 17.2. The van der Waals surface area contributed by atoms with Crippen molar-refractivity contribution in [3.8, 4) is 21.1 Å². The molecule has 0 aromatic carbocycles. The van der Waals surface area contributed by atoms with Crippen LogP contribution in [0.5, 0.6) is 0 Å². The number of aliphatic imine (C=N–C) groups is 2. The number of aryl methyl sites for hydroxylation is 1. The average molecular weight is 379 g/mol. The zero-order valence-electron chi connectivity index (χ0n) is 14.6. The van der Waals surface area contributed by atoms with E-state index in [-0.39, 0.29) is 0 Å². The van der Waals surface area contributed by atoms with Gasteiger partial charge in [-0.15, -0.1) is 11.3 Å². The molecule has 6 nitrogen and oxygen atoms in total. The van der Waals surface area contributed by atoms with Crippen molar-refractivity contribution in [3.05, 3.63) is 54.1 Å². The van der Waals surface area contributed by atoms with Gasteiger partial charge in [-0.2, -0.15) is 0 Å². The molecule has 0 N–H and O–H groups in total. The number of nitrogens with zero attached hydrogens (tertiary/aromatic N) is 5. The molecule has 134 valence electrons. The van der Waals surface area contributed by atoms with Crippen molar-refractivity contribution in [2.24, 2.45) is 9.98 Å². The summed E-state index contributed by atoms with van der Waals surface area (Å²) in [5.41, 5.74) is 3.26. The summed E-state index contributed by atoms with van der Waals surface area (Å²) in [4.78, 5) is 22.1. The number of thiazole rings is 1. The van der Waals surface area contributed by atoms with Gasteiger partial charge in [0, 0.05) is 24.2 Å². The van der Waals surface area contributed by atoms with E-state index in [1.54, 1.807) is 19.5 Å². The zero-order chi connectivity index (χ0) is 19.0. The Balaban J connectivity index is 1.89. The van der Waals surface area contributed by atoms with Crippen molar-refractivity contribution >= 4 is 34.9 Å². The maximum Gasteiger partial charge on any atom is 0.176 e. The molecule has 0 unspecified atom stereocenters. The van der Waals surface area contributed by atoms with E-state index in [1.165, 1.54) is 23.6 Å². The standard InChI is InChI=1S/C19H14FN5OS/c1-10-17(27-19(24-10)12-6-13(20)9-23-8-12)14-7-11-4-5-26-16(11)15(25-14)18(21-2)22-3/h4-9H,2H2,1,3H3. The van der Waals surface area contributed by atoms with Crippen LogP contribution in [0.25, 0.3) is 32.1 Å². The van der Waals surface area contributed by atoms with Crippen molar-refractivity contribution < 1.29 is 8.81 Å². The van der Waals surface area contributed by atoms with Crippen molar-refractivity contribution in [1.82, 2.24) is 15.0 Å². The first-order chi connectivity index (χ1) is 13.1. The van der Waals surface area contributed by atoms with E-state index in [0.29, 0.717) is 33.4 Å². The highest BCUT2D eigenvalue weighted by molar-refractivity contribution is 7.18. The molecule has 0 radical (unpaired) electrons. The Kier molecular flexibility index (Phi) is 4.33. The van der Waals surface area contributed by atoms with Gasteiger partial charge in [-0.1, -0.05) is 0 Å². The maximum atomic E-state index is 13.5. The van der Waals surface area contributed by atoms with Gasteiger partial charge < -0.3 is 4.42 Å². The molecule has 0 aliphatic carbocycles. The molecular weight excluding hydrogens is 365 g/mol. The van der Waals surface area contributed by atoms with Crippen molar-refractivity contribution in [2.45, 2.75) is 6.92 Å². The third-order valence-electron chi connectivity index (χ3n) is 3.99. The van der Waals surface area contributed by atoms with Crippen LogP contribution in [0.15, 0.2) is 51.3 Å². The predicted molar refractivity (Wildman–Crippen MR) is 105 cm³/mol. The first-order valence-corrected chi connectivity index (χ1v) is 8.83. The molecule has 4 aromatic heterocycles. The normalized spacial score (nSPS) is 11.9. The molecule has 0 fully saturated rings. The van der Waals surface area contributed by atoms with E-state index >= 15 is 0 Å². The molecule has 0 aliphatic heterocycles. The molecule has 0 spiro atoms. The number of amidine groups is 1. The smallest absolute Gasteiger partial charge is 0.176 e. The minimum atomic E-state index is -0.400. The predicted octanol–water partition coefficient (Wildman–Crippen LogP) is 4.54. The minimum absolute atomic E-state index is 0.397. The van der Waals surface area contributed by atoms with E-state index in [0.717, 1.165) is 16.0 Å². The van der Waals surface area contributed by atoms with Gasteiger partial charge in [0.05, 0.1) is 28.7 Å². The Morgan fingerprint density at radius 1 is 1.26 bits per heavy atom. The van der Waals surface area contributed by atoms with Crippen LogP contribution in [0.1, 0.15) is 11.4 Å². The second-order valence-electron chi connectivity index (χ2n) is 5.73. The SMILES string of the molecule is C=NC(=NC)c1nc(-c2sc(-c3cncc(F)c3)nc2C)cc2ccoc12. The summed E-state index contributed by atoms with van der Waals surface area (Å²) in [6.07, 6.45) is 4.35. The summed E-state index contributed by atoms with van der Waals surface area (Å²) in [5, 5.41) is 1.55. The van der Waals surface area contributed by atoms with E-state index in [2.05, 4.69) is 26.7 Å². The molecule has 4 aromatic rings. The molecule has 0 bridgehead atoms. The fourth-order valence-electron chi connectivity index (χ4n) is 2.78. The quantitative estimate of drug-likeness (QED) is 0.387. The van der Waals surface area contributed by atoms with Crippen molar-refractivity contribution in [3.63, 3.8) is 0 Å². The summed E-state index contributed by atoms with van der Waals surface area (Å²) in [5.74, 6) is -0.00323. The number of fused-ring (bicyclic) bond motifs is 1. The van der Waals surface area contributed by atoms with Gasteiger partial charge in [0.2, 0.25) is 0 Å². The Morgan fingerprint density at radius 3 is 2.85 bits per heavy atom. The van der Waals surface area contributed by atoms with E-state index in [1.807, 2.05) is 19.1 Å². The van der Waals surface area contributed by atoms with Crippen LogP contribution in [-0.2, 0) is 0 Å². The number of hydrogen-bond acceptors (Lipinski definition) is 6. The summed E-state index contributed by atoms with van der Waals surface area (Å²) in [7, 11) is 1.63. The van der Waals surface area contributed by atoms with Gasteiger partial charge in [0.1, 0.15) is 10.8 Å². The van der Waals surface area contributed by atoms with E-state index in [4.69, 9.17) is 9.40 Å². The lowest BCUT2D eigenvalue weighted by Crippen LogP contribution is -2.02. The number of halogens is 1. The first-order valence-electron chi connectivity index (χ1n) is 8.01. The number of aromatic nitrogens is 3. The van der Waals surface area contributed by atoms with Crippen LogP contribution in [0.4, 0.5) is 4.39 Å². The van der Waals surface area contributed by atoms with Gasteiger partial charge >= 0.3 is 0 Å². The molecule has 0 atom stereocenters. The third kappa shape index (κ3) is 3.04. The van der Waals surface area contributed by atoms with Gasteiger partial charge in [0.25, 0.3) is 0 Å². The lowest BCUT2D eigenvalue weighted by atomic mass is 10.2. The molecule has 0 aliphatic rings.